The van der Waals surface area contributed by atoms with Crippen molar-refractivity contribution in [2.45, 2.75) is 39.2 Å². The van der Waals surface area contributed by atoms with Gasteiger partial charge in [-0.1, -0.05) is 35.0 Å². The third-order valence-electron chi connectivity index (χ3n) is 3.66. The van der Waals surface area contributed by atoms with Crippen molar-refractivity contribution in [1.29, 1.82) is 0 Å². The molecule has 4 heteroatoms. The average Bonchev–Trinajstić information content (AvgIpc) is 2.88. The van der Waals surface area contributed by atoms with E-state index in [1.54, 1.807) is 0 Å². The van der Waals surface area contributed by atoms with E-state index in [2.05, 4.69) is 69.9 Å². The largest absolute Gasteiger partial charge is 0.330 e. The van der Waals surface area contributed by atoms with E-state index in [9.17, 15) is 0 Å². The molecular weight excluding hydrogens is 314 g/mol. The zero-order valence-electron chi connectivity index (χ0n) is 12.1. The predicted octanol–water partition coefficient (Wildman–Crippen LogP) is 3.51. The van der Waals surface area contributed by atoms with Gasteiger partial charge in [-0.25, -0.2) is 0 Å². The van der Waals surface area contributed by atoms with Gasteiger partial charge in [0.05, 0.1) is 5.69 Å². The van der Waals surface area contributed by atoms with Crippen molar-refractivity contribution in [3.8, 4) is 0 Å². The van der Waals surface area contributed by atoms with Crippen LogP contribution in [0.1, 0.15) is 36.7 Å². The van der Waals surface area contributed by atoms with Crippen LogP contribution in [0, 0.1) is 0 Å². The standard InChI is InChI=1S/C16H22BrN3/c1-3-15-10-16(20(4-2)19-15)9-13(11-18)12-5-7-14(17)8-6-12/h5-8,10,13H,3-4,9,11,18H2,1-2H3. The molecule has 0 radical (unpaired) electrons. The van der Waals surface area contributed by atoms with Gasteiger partial charge in [0.25, 0.3) is 0 Å². The first-order valence-electron chi connectivity index (χ1n) is 7.19. The summed E-state index contributed by atoms with van der Waals surface area (Å²) in [5, 5.41) is 4.61. The summed E-state index contributed by atoms with van der Waals surface area (Å²) in [5.74, 6) is 0.342. The molecule has 1 aromatic carbocycles. The van der Waals surface area contributed by atoms with Gasteiger partial charge in [0.2, 0.25) is 0 Å². The van der Waals surface area contributed by atoms with Crippen LogP contribution in [0.5, 0.6) is 0 Å². The first kappa shape index (κ1) is 15.3. The van der Waals surface area contributed by atoms with Crippen LogP contribution in [0.2, 0.25) is 0 Å². The van der Waals surface area contributed by atoms with Gasteiger partial charge >= 0.3 is 0 Å². The number of aromatic nitrogens is 2. The van der Waals surface area contributed by atoms with Crippen LogP contribution in [0.3, 0.4) is 0 Å². The zero-order chi connectivity index (χ0) is 14.5. The van der Waals surface area contributed by atoms with E-state index < -0.39 is 0 Å². The molecule has 0 aliphatic carbocycles. The number of benzene rings is 1. The smallest absolute Gasteiger partial charge is 0.0624 e. The highest BCUT2D eigenvalue weighted by Crippen LogP contribution is 2.22. The molecule has 0 bridgehead atoms. The van der Waals surface area contributed by atoms with Gasteiger partial charge in [0.1, 0.15) is 0 Å². The Kier molecular flexibility index (Phi) is 5.38. The molecule has 3 nitrogen and oxygen atoms in total. The Balaban J connectivity index is 2.21. The molecule has 108 valence electrons. The second-order valence-corrected chi connectivity index (χ2v) is 5.90. The number of hydrogen-bond acceptors (Lipinski definition) is 2. The molecule has 0 aliphatic rings. The summed E-state index contributed by atoms with van der Waals surface area (Å²) >= 11 is 3.47. The molecular formula is C16H22BrN3. The highest BCUT2D eigenvalue weighted by Gasteiger charge is 2.14. The Hall–Kier alpha value is -1.13. The highest BCUT2D eigenvalue weighted by molar-refractivity contribution is 9.10. The number of aryl methyl sites for hydroxylation is 2. The summed E-state index contributed by atoms with van der Waals surface area (Å²) < 4.78 is 3.20. The molecule has 2 N–H and O–H groups in total. The van der Waals surface area contributed by atoms with E-state index in [-0.39, 0.29) is 0 Å². The van der Waals surface area contributed by atoms with Crippen molar-refractivity contribution in [1.82, 2.24) is 9.78 Å². The second-order valence-electron chi connectivity index (χ2n) is 4.98. The predicted molar refractivity (Wildman–Crippen MR) is 86.9 cm³/mol. The number of nitrogens with two attached hydrogens (primary N) is 1. The van der Waals surface area contributed by atoms with Crippen molar-refractivity contribution >= 4 is 15.9 Å². The van der Waals surface area contributed by atoms with Crippen LogP contribution in [0.25, 0.3) is 0 Å². The lowest BCUT2D eigenvalue weighted by atomic mass is 9.94. The minimum absolute atomic E-state index is 0.342. The summed E-state index contributed by atoms with van der Waals surface area (Å²) in [6.07, 6.45) is 1.92. The van der Waals surface area contributed by atoms with Gasteiger partial charge in [0, 0.05) is 22.6 Å². The van der Waals surface area contributed by atoms with Crippen LogP contribution in [-0.4, -0.2) is 16.3 Å². The van der Waals surface area contributed by atoms with Gasteiger partial charge < -0.3 is 5.73 Å². The van der Waals surface area contributed by atoms with Crippen molar-refractivity contribution in [3.63, 3.8) is 0 Å². The third kappa shape index (κ3) is 3.49. The van der Waals surface area contributed by atoms with Crippen molar-refractivity contribution in [2.24, 2.45) is 5.73 Å². The van der Waals surface area contributed by atoms with Gasteiger partial charge in [-0.3, -0.25) is 4.68 Å². The summed E-state index contributed by atoms with van der Waals surface area (Å²) in [4.78, 5) is 0. The molecule has 2 aromatic rings. The van der Waals surface area contributed by atoms with E-state index in [0.717, 1.165) is 29.6 Å². The normalized spacial score (nSPS) is 12.6. The Morgan fingerprint density at radius 1 is 1.25 bits per heavy atom. The maximum atomic E-state index is 5.98. The van der Waals surface area contributed by atoms with E-state index in [1.165, 1.54) is 11.3 Å². The molecule has 0 spiro atoms. The third-order valence-corrected chi connectivity index (χ3v) is 4.19. The fraction of sp³-hybridized carbons (Fsp3) is 0.438. The maximum Gasteiger partial charge on any atom is 0.0624 e. The van der Waals surface area contributed by atoms with E-state index >= 15 is 0 Å². The zero-order valence-corrected chi connectivity index (χ0v) is 13.7. The Morgan fingerprint density at radius 2 is 1.95 bits per heavy atom. The summed E-state index contributed by atoms with van der Waals surface area (Å²) in [6.45, 7) is 5.83. The average molecular weight is 336 g/mol. The van der Waals surface area contributed by atoms with Crippen LogP contribution in [0.4, 0.5) is 0 Å². The fourth-order valence-corrected chi connectivity index (χ4v) is 2.71. The van der Waals surface area contributed by atoms with E-state index in [0.29, 0.717) is 12.5 Å². The lowest BCUT2D eigenvalue weighted by Gasteiger charge is -2.16. The van der Waals surface area contributed by atoms with Crippen LogP contribution >= 0.6 is 15.9 Å². The van der Waals surface area contributed by atoms with Crippen molar-refractivity contribution in [3.05, 3.63) is 51.8 Å². The van der Waals surface area contributed by atoms with Crippen LogP contribution in [-0.2, 0) is 19.4 Å². The monoisotopic (exact) mass is 335 g/mol. The number of hydrogen-bond donors (Lipinski definition) is 1. The highest BCUT2D eigenvalue weighted by atomic mass is 79.9. The van der Waals surface area contributed by atoms with Crippen molar-refractivity contribution < 1.29 is 0 Å². The quantitative estimate of drug-likeness (QED) is 0.877. The molecule has 1 unspecified atom stereocenters. The van der Waals surface area contributed by atoms with Gasteiger partial charge in [-0.15, -0.1) is 0 Å². The lowest BCUT2D eigenvalue weighted by molar-refractivity contribution is 0.581. The summed E-state index contributed by atoms with van der Waals surface area (Å²) in [6, 6.07) is 10.7. The minimum atomic E-state index is 0.342. The molecule has 0 saturated heterocycles. The van der Waals surface area contributed by atoms with Gasteiger partial charge in [0.15, 0.2) is 0 Å². The molecule has 0 aliphatic heterocycles. The van der Waals surface area contributed by atoms with Crippen LogP contribution < -0.4 is 5.73 Å². The maximum absolute atomic E-state index is 5.98. The molecule has 0 saturated carbocycles. The number of rotatable bonds is 6. The minimum Gasteiger partial charge on any atom is -0.330 e. The fourth-order valence-electron chi connectivity index (χ4n) is 2.45. The SMILES string of the molecule is CCc1cc(CC(CN)c2ccc(Br)cc2)n(CC)n1. The lowest BCUT2D eigenvalue weighted by Crippen LogP contribution is -2.17. The molecule has 1 aromatic heterocycles. The van der Waals surface area contributed by atoms with Crippen LogP contribution in [0.15, 0.2) is 34.8 Å². The Morgan fingerprint density at radius 3 is 2.50 bits per heavy atom. The van der Waals surface area contributed by atoms with E-state index in [1.807, 2.05) is 0 Å². The van der Waals surface area contributed by atoms with Gasteiger partial charge in [-0.2, -0.15) is 5.10 Å². The molecule has 0 fully saturated rings. The Labute approximate surface area is 129 Å². The second kappa shape index (κ2) is 7.04. The topological polar surface area (TPSA) is 43.8 Å². The molecule has 0 amide bonds. The first-order chi connectivity index (χ1) is 9.67. The summed E-state index contributed by atoms with van der Waals surface area (Å²) in [7, 11) is 0. The molecule has 2 rings (SSSR count). The first-order valence-corrected chi connectivity index (χ1v) is 7.98. The molecule has 20 heavy (non-hydrogen) atoms. The van der Waals surface area contributed by atoms with Crippen molar-refractivity contribution in [2.75, 3.05) is 6.54 Å². The number of nitrogens with zero attached hydrogens (tertiary/aromatic N) is 2. The van der Waals surface area contributed by atoms with E-state index in [4.69, 9.17) is 5.73 Å². The number of halogens is 1. The Bertz CT molecular complexity index is 545. The van der Waals surface area contributed by atoms with Gasteiger partial charge in [-0.05, 0) is 50.1 Å². The molecule has 1 heterocycles. The molecule has 1 atom stereocenters. The summed E-state index contributed by atoms with van der Waals surface area (Å²) in [5.41, 5.74) is 9.71.